The molecule has 2 unspecified atom stereocenters. The zero-order valence-corrected chi connectivity index (χ0v) is 13.0. The molecule has 20 heavy (non-hydrogen) atoms. The van der Waals surface area contributed by atoms with Gasteiger partial charge in [0, 0.05) is 50.6 Å². The van der Waals surface area contributed by atoms with E-state index in [4.69, 9.17) is 0 Å². The molecule has 3 heteroatoms. The van der Waals surface area contributed by atoms with Crippen molar-refractivity contribution in [2.45, 2.75) is 38.3 Å². The lowest BCUT2D eigenvalue weighted by atomic mass is 10.0. The first-order valence-corrected chi connectivity index (χ1v) is 7.96. The van der Waals surface area contributed by atoms with Gasteiger partial charge < -0.3 is 15.1 Å². The molecule has 1 saturated heterocycles. The number of anilines is 2. The van der Waals surface area contributed by atoms with E-state index in [1.807, 2.05) is 0 Å². The molecular formula is C17H27N3. The molecule has 1 aliphatic carbocycles. The predicted molar refractivity (Wildman–Crippen MR) is 86.7 cm³/mol. The fourth-order valence-corrected chi connectivity index (χ4v) is 3.27. The fourth-order valence-electron chi connectivity index (χ4n) is 3.27. The van der Waals surface area contributed by atoms with E-state index in [-0.39, 0.29) is 0 Å². The van der Waals surface area contributed by atoms with Gasteiger partial charge in [-0.3, -0.25) is 0 Å². The van der Waals surface area contributed by atoms with Crippen molar-refractivity contribution in [1.29, 1.82) is 0 Å². The van der Waals surface area contributed by atoms with Crippen LogP contribution in [0, 0.1) is 5.92 Å². The summed E-state index contributed by atoms with van der Waals surface area (Å²) in [6.45, 7) is 4.59. The number of hydrogen-bond acceptors (Lipinski definition) is 3. The number of nitrogens with one attached hydrogen (secondary N) is 1. The summed E-state index contributed by atoms with van der Waals surface area (Å²) in [4.78, 5) is 4.82. The Morgan fingerprint density at radius 1 is 1.30 bits per heavy atom. The molecule has 2 aliphatic rings. The van der Waals surface area contributed by atoms with Gasteiger partial charge >= 0.3 is 0 Å². The summed E-state index contributed by atoms with van der Waals surface area (Å²) in [7, 11) is 4.22. The second-order valence-corrected chi connectivity index (χ2v) is 6.48. The topological polar surface area (TPSA) is 18.5 Å². The van der Waals surface area contributed by atoms with Crippen molar-refractivity contribution in [3.8, 4) is 0 Å². The first-order chi connectivity index (χ1) is 9.69. The first kappa shape index (κ1) is 13.7. The lowest BCUT2D eigenvalue weighted by Gasteiger charge is -2.42. The minimum Gasteiger partial charge on any atom is -0.378 e. The van der Waals surface area contributed by atoms with Gasteiger partial charge in [0.1, 0.15) is 0 Å². The highest BCUT2D eigenvalue weighted by Crippen LogP contribution is 2.36. The maximum absolute atomic E-state index is 3.77. The number of hydrogen-bond donors (Lipinski definition) is 1. The standard InChI is InChI=1S/C17H27N3/c1-4-14-11-18-17(13-8-9-13)12-20(14)16-7-5-6-15(10-16)19(2)3/h5-7,10,13-14,17-18H,4,8-9,11-12H2,1-3H3. The Balaban J connectivity index is 1.82. The molecule has 3 rings (SSSR count). The van der Waals surface area contributed by atoms with Crippen LogP contribution >= 0.6 is 0 Å². The van der Waals surface area contributed by atoms with E-state index >= 15 is 0 Å². The van der Waals surface area contributed by atoms with E-state index in [1.165, 1.54) is 37.2 Å². The smallest absolute Gasteiger partial charge is 0.0412 e. The Bertz CT molecular complexity index is 453. The van der Waals surface area contributed by atoms with Crippen molar-refractivity contribution in [1.82, 2.24) is 5.32 Å². The van der Waals surface area contributed by atoms with Crippen LogP contribution in [0.4, 0.5) is 11.4 Å². The van der Waals surface area contributed by atoms with Gasteiger partial charge in [-0.15, -0.1) is 0 Å². The van der Waals surface area contributed by atoms with E-state index in [9.17, 15) is 0 Å². The van der Waals surface area contributed by atoms with Crippen LogP contribution in [-0.2, 0) is 0 Å². The molecule has 3 nitrogen and oxygen atoms in total. The largest absolute Gasteiger partial charge is 0.378 e. The van der Waals surface area contributed by atoms with E-state index in [1.54, 1.807) is 0 Å². The number of piperazine rings is 1. The maximum atomic E-state index is 3.77. The molecule has 0 spiro atoms. The van der Waals surface area contributed by atoms with Crippen molar-refractivity contribution >= 4 is 11.4 Å². The lowest BCUT2D eigenvalue weighted by molar-refractivity contribution is 0.360. The van der Waals surface area contributed by atoms with Gasteiger partial charge in [0.05, 0.1) is 0 Å². The summed E-state index contributed by atoms with van der Waals surface area (Å²) >= 11 is 0. The number of nitrogens with zero attached hydrogens (tertiary/aromatic N) is 2. The second kappa shape index (κ2) is 5.65. The van der Waals surface area contributed by atoms with Crippen molar-refractivity contribution in [2.24, 2.45) is 5.92 Å². The van der Waals surface area contributed by atoms with E-state index in [0.717, 1.165) is 12.5 Å². The van der Waals surface area contributed by atoms with Crippen molar-refractivity contribution < 1.29 is 0 Å². The van der Waals surface area contributed by atoms with Crippen molar-refractivity contribution in [3.05, 3.63) is 24.3 Å². The number of rotatable bonds is 4. The normalized spacial score (nSPS) is 26.6. The molecule has 1 N–H and O–H groups in total. The summed E-state index contributed by atoms with van der Waals surface area (Å²) in [6, 6.07) is 10.3. The van der Waals surface area contributed by atoms with Crippen LogP contribution in [0.2, 0.25) is 0 Å². The second-order valence-electron chi connectivity index (χ2n) is 6.48. The maximum Gasteiger partial charge on any atom is 0.0412 e. The summed E-state index contributed by atoms with van der Waals surface area (Å²) < 4.78 is 0. The van der Waals surface area contributed by atoms with Gasteiger partial charge in [0.25, 0.3) is 0 Å². The summed E-state index contributed by atoms with van der Waals surface area (Å²) in [6.07, 6.45) is 4.04. The van der Waals surface area contributed by atoms with Crippen LogP contribution in [-0.4, -0.2) is 39.3 Å². The zero-order valence-electron chi connectivity index (χ0n) is 13.0. The molecule has 1 heterocycles. The van der Waals surface area contributed by atoms with Gasteiger partial charge in [-0.05, 0) is 43.4 Å². The molecular weight excluding hydrogens is 246 g/mol. The highest BCUT2D eigenvalue weighted by molar-refractivity contribution is 5.59. The molecule has 1 aliphatic heterocycles. The van der Waals surface area contributed by atoms with Crippen LogP contribution < -0.4 is 15.1 Å². The summed E-state index contributed by atoms with van der Waals surface area (Å²) in [5.74, 6) is 0.923. The van der Waals surface area contributed by atoms with Crippen molar-refractivity contribution in [2.75, 3.05) is 37.0 Å². The van der Waals surface area contributed by atoms with E-state index < -0.39 is 0 Å². The Labute approximate surface area is 123 Å². The molecule has 0 aromatic heterocycles. The van der Waals surface area contributed by atoms with Crippen molar-refractivity contribution in [3.63, 3.8) is 0 Å². The van der Waals surface area contributed by atoms with Gasteiger partial charge in [-0.2, -0.15) is 0 Å². The average molecular weight is 273 g/mol. The van der Waals surface area contributed by atoms with Gasteiger partial charge in [0.2, 0.25) is 0 Å². The molecule has 1 saturated carbocycles. The third-order valence-corrected chi connectivity index (χ3v) is 4.79. The molecule has 1 aromatic carbocycles. The highest BCUT2D eigenvalue weighted by Gasteiger charge is 2.36. The van der Waals surface area contributed by atoms with Crippen LogP contribution in [0.15, 0.2) is 24.3 Å². The Kier molecular flexibility index (Phi) is 3.88. The molecule has 110 valence electrons. The molecule has 1 aromatic rings. The summed E-state index contributed by atoms with van der Waals surface area (Å²) in [5, 5.41) is 3.77. The minimum atomic E-state index is 0.627. The molecule has 2 atom stereocenters. The van der Waals surface area contributed by atoms with E-state index in [0.29, 0.717) is 12.1 Å². The monoisotopic (exact) mass is 273 g/mol. The lowest BCUT2D eigenvalue weighted by Crippen LogP contribution is -2.57. The van der Waals surface area contributed by atoms with Gasteiger partial charge in [0.15, 0.2) is 0 Å². The number of benzene rings is 1. The first-order valence-electron chi connectivity index (χ1n) is 7.96. The zero-order chi connectivity index (χ0) is 14.1. The SMILES string of the molecule is CCC1CNC(C2CC2)CN1c1cccc(N(C)C)c1. The summed E-state index contributed by atoms with van der Waals surface area (Å²) in [5.41, 5.74) is 2.68. The Morgan fingerprint density at radius 3 is 2.75 bits per heavy atom. The van der Waals surface area contributed by atoms with Gasteiger partial charge in [-0.1, -0.05) is 13.0 Å². The average Bonchev–Trinajstić information content (AvgIpc) is 3.31. The fraction of sp³-hybridized carbons (Fsp3) is 0.647. The van der Waals surface area contributed by atoms with Crippen LogP contribution in [0.25, 0.3) is 0 Å². The van der Waals surface area contributed by atoms with E-state index in [2.05, 4.69) is 60.4 Å². The highest BCUT2D eigenvalue weighted by atomic mass is 15.2. The molecule has 0 radical (unpaired) electrons. The van der Waals surface area contributed by atoms with Gasteiger partial charge in [-0.25, -0.2) is 0 Å². The minimum absolute atomic E-state index is 0.627. The third-order valence-electron chi connectivity index (χ3n) is 4.79. The predicted octanol–water partition coefficient (Wildman–Crippen LogP) is 2.72. The van der Waals surface area contributed by atoms with Crippen LogP contribution in [0.5, 0.6) is 0 Å². The molecule has 0 amide bonds. The van der Waals surface area contributed by atoms with Crippen LogP contribution in [0.3, 0.4) is 0 Å². The third kappa shape index (κ3) is 2.78. The van der Waals surface area contributed by atoms with Crippen LogP contribution in [0.1, 0.15) is 26.2 Å². The quantitative estimate of drug-likeness (QED) is 0.910. The Hall–Kier alpha value is -1.22. The molecule has 0 bridgehead atoms. The Morgan fingerprint density at radius 2 is 2.10 bits per heavy atom. The molecule has 2 fully saturated rings.